The van der Waals surface area contributed by atoms with Crippen LogP contribution in [0, 0.1) is 0 Å². The van der Waals surface area contributed by atoms with Crippen molar-refractivity contribution in [1.29, 1.82) is 0 Å². The molecule has 5 heteroatoms. The van der Waals surface area contributed by atoms with E-state index in [-0.39, 0.29) is 0 Å². The van der Waals surface area contributed by atoms with Crippen LogP contribution in [0.1, 0.15) is 19.5 Å². The Morgan fingerprint density at radius 3 is 3.21 bits per heavy atom. The molecule has 3 rings (SSSR count). The number of nitrogens with zero attached hydrogens (tertiary/aromatic N) is 2. The Hall–Kier alpha value is -1.17. The van der Waals surface area contributed by atoms with Gasteiger partial charge < -0.3 is 9.73 Å². The minimum atomic E-state index is 0.555. The molecule has 0 aromatic carbocycles. The first kappa shape index (κ1) is 12.8. The van der Waals surface area contributed by atoms with Crippen LogP contribution in [0.2, 0.25) is 0 Å². The Kier molecular flexibility index (Phi) is 3.68. The fourth-order valence-electron chi connectivity index (χ4n) is 2.42. The third-order valence-electron chi connectivity index (χ3n) is 3.54. The summed E-state index contributed by atoms with van der Waals surface area (Å²) in [7, 11) is 0. The fraction of sp³-hybridized carbons (Fsp3) is 0.500. The Balaban J connectivity index is 1.70. The molecular weight excluding hydrogens is 258 g/mol. The van der Waals surface area contributed by atoms with Gasteiger partial charge in [-0.25, -0.2) is 4.98 Å². The lowest BCUT2D eigenvalue weighted by molar-refractivity contribution is 0.137. The Bertz CT molecular complexity index is 523. The molecule has 1 aliphatic rings. The van der Waals surface area contributed by atoms with Gasteiger partial charge in [-0.2, -0.15) is 0 Å². The van der Waals surface area contributed by atoms with Gasteiger partial charge >= 0.3 is 0 Å². The lowest BCUT2D eigenvalue weighted by atomic mass is 10.1. The average Bonchev–Trinajstić information content (AvgIpc) is 3.04. The molecule has 0 saturated carbocycles. The van der Waals surface area contributed by atoms with Crippen molar-refractivity contribution in [1.82, 2.24) is 15.2 Å². The minimum absolute atomic E-state index is 0.555. The Labute approximate surface area is 117 Å². The van der Waals surface area contributed by atoms with Crippen molar-refractivity contribution in [3.63, 3.8) is 0 Å². The van der Waals surface area contributed by atoms with Crippen molar-refractivity contribution >= 4 is 11.3 Å². The molecule has 1 fully saturated rings. The molecule has 2 aromatic heterocycles. The van der Waals surface area contributed by atoms with Gasteiger partial charge in [0.1, 0.15) is 0 Å². The van der Waals surface area contributed by atoms with Gasteiger partial charge in [0.2, 0.25) is 0 Å². The second-order valence-corrected chi connectivity index (χ2v) is 6.07. The fourth-order valence-corrected chi connectivity index (χ4v) is 3.20. The molecule has 2 atom stereocenters. The van der Waals surface area contributed by atoms with E-state index in [4.69, 9.17) is 4.42 Å². The molecule has 1 N–H and O–H groups in total. The third kappa shape index (κ3) is 2.88. The molecule has 0 spiro atoms. The van der Waals surface area contributed by atoms with Crippen molar-refractivity contribution < 1.29 is 4.42 Å². The SMILES string of the molecule is CC1CN(Cc2csc(-c3ccco3)n2)C(C)CN1. The van der Waals surface area contributed by atoms with Crippen LogP contribution in [0.25, 0.3) is 10.8 Å². The summed E-state index contributed by atoms with van der Waals surface area (Å²) in [5, 5.41) is 6.61. The number of hydrogen-bond acceptors (Lipinski definition) is 5. The van der Waals surface area contributed by atoms with Crippen molar-refractivity contribution in [2.45, 2.75) is 32.5 Å². The first-order valence-corrected chi connectivity index (χ1v) is 7.56. The molecular formula is C14H19N3OS. The molecule has 3 heterocycles. The van der Waals surface area contributed by atoms with Crippen LogP contribution >= 0.6 is 11.3 Å². The normalized spacial score (nSPS) is 24.7. The summed E-state index contributed by atoms with van der Waals surface area (Å²) >= 11 is 1.65. The number of rotatable bonds is 3. The number of thiazole rings is 1. The molecule has 2 unspecified atom stereocenters. The molecule has 102 valence electrons. The van der Waals surface area contributed by atoms with Crippen LogP contribution in [0.4, 0.5) is 0 Å². The van der Waals surface area contributed by atoms with E-state index in [9.17, 15) is 0 Å². The number of furan rings is 1. The van der Waals surface area contributed by atoms with Crippen LogP contribution in [0.15, 0.2) is 28.2 Å². The van der Waals surface area contributed by atoms with E-state index < -0.39 is 0 Å². The largest absolute Gasteiger partial charge is 0.462 e. The van der Waals surface area contributed by atoms with Crippen molar-refractivity contribution in [3.8, 4) is 10.8 Å². The topological polar surface area (TPSA) is 41.3 Å². The van der Waals surface area contributed by atoms with Crippen LogP contribution in [-0.2, 0) is 6.54 Å². The first-order valence-electron chi connectivity index (χ1n) is 6.68. The van der Waals surface area contributed by atoms with Crippen molar-refractivity contribution in [3.05, 3.63) is 29.5 Å². The van der Waals surface area contributed by atoms with Gasteiger partial charge in [0, 0.05) is 37.1 Å². The predicted octanol–water partition coefficient (Wildman–Crippen LogP) is 2.59. The molecule has 4 nitrogen and oxygen atoms in total. The maximum absolute atomic E-state index is 5.39. The molecule has 2 aromatic rings. The van der Waals surface area contributed by atoms with E-state index in [1.807, 2.05) is 12.1 Å². The van der Waals surface area contributed by atoms with Crippen molar-refractivity contribution in [2.24, 2.45) is 0 Å². The zero-order chi connectivity index (χ0) is 13.2. The summed E-state index contributed by atoms with van der Waals surface area (Å²) in [6, 6.07) is 4.97. The van der Waals surface area contributed by atoms with Gasteiger partial charge in [0.05, 0.1) is 12.0 Å². The van der Waals surface area contributed by atoms with E-state index >= 15 is 0 Å². The van der Waals surface area contributed by atoms with Gasteiger partial charge in [-0.3, -0.25) is 4.90 Å². The quantitative estimate of drug-likeness (QED) is 0.936. The molecule has 0 amide bonds. The minimum Gasteiger partial charge on any atom is -0.462 e. The summed E-state index contributed by atoms with van der Waals surface area (Å²) in [4.78, 5) is 7.16. The monoisotopic (exact) mass is 277 g/mol. The lowest BCUT2D eigenvalue weighted by Gasteiger charge is -2.37. The van der Waals surface area contributed by atoms with Gasteiger partial charge in [-0.1, -0.05) is 0 Å². The molecule has 0 radical (unpaired) electrons. The molecule has 1 saturated heterocycles. The van der Waals surface area contributed by atoms with Gasteiger partial charge in [0.15, 0.2) is 10.8 Å². The van der Waals surface area contributed by atoms with Crippen LogP contribution < -0.4 is 5.32 Å². The zero-order valence-corrected chi connectivity index (χ0v) is 12.1. The van der Waals surface area contributed by atoms with E-state index in [0.717, 1.165) is 36.1 Å². The highest BCUT2D eigenvalue weighted by molar-refractivity contribution is 7.13. The third-order valence-corrected chi connectivity index (χ3v) is 4.45. The highest BCUT2D eigenvalue weighted by atomic mass is 32.1. The number of aromatic nitrogens is 1. The van der Waals surface area contributed by atoms with Crippen LogP contribution in [0.3, 0.4) is 0 Å². The van der Waals surface area contributed by atoms with Gasteiger partial charge in [-0.15, -0.1) is 11.3 Å². The van der Waals surface area contributed by atoms with Crippen LogP contribution in [0.5, 0.6) is 0 Å². The van der Waals surface area contributed by atoms with Gasteiger partial charge in [-0.05, 0) is 26.0 Å². The van der Waals surface area contributed by atoms with E-state index in [0.29, 0.717) is 12.1 Å². The Morgan fingerprint density at radius 2 is 2.42 bits per heavy atom. The maximum atomic E-state index is 5.39. The average molecular weight is 277 g/mol. The van der Waals surface area contributed by atoms with E-state index in [1.165, 1.54) is 0 Å². The number of nitrogens with one attached hydrogen (secondary N) is 1. The van der Waals surface area contributed by atoms with E-state index in [1.54, 1.807) is 17.6 Å². The number of piperazine rings is 1. The molecule has 0 aliphatic carbocycles. The molecule has 1 aliphatic heterocycles. The highest BCUT2D eigenvalue weighted by Crippen LogP contribution is 2.25. The zero-order valence-electron chi connectivity index (χ0n) is 11.3. The van der Waals surface area contributed by atoms with E-state index in [2.05, 4.69) is 34.4 Å². The smallest absolute Gasteiger partial charge is 0.162 e. The van der Waals surface area contributed by atoms with Gasteiger partial charge in [0.25, 0.3) is 0 Å². The predicted molar refractivity (Wildman–Crippen MR) is 77.2 cm³/mol. The van der Waals surface area contributed by atoms with Crippen molar-refractivity contribution in [2.75, 3.05) is 13.1 Å². The summed E-state index contributed by atoms with van der Waals surface area (Å²) in [5.74, 6) is 0.859. The second-order valence-electron chi connectivity index (χ2n) is 5.21. The molecule has 0 bridgehead atoms. The standard InChI is InChI=1S/C14H19N3OS/c1-10-7-17(11(2)6-15-10)8-12-9-19-14(16-12)13-4-3-5-18-13/h3-5,9-11,15H,6-8H2,1-2H3. The first-order chi connectivity index (χ1) is 9.22. The Morgan fingerprint density at radius 1 is 1.53 bits per heavy atom. The second kappa shape index (κ2) is 5.45. The molecule has 19 heavy (non-hydrogen) atoms. The maximum Gasteiger partial charge on any atom is 0.162 e. The summed E-state index contributed by atoms with van der Waals surface area (Å²) in [5.41, 5.74) is 1.14. The number of hydrogen-bond donors (Lipinski definition) is 1. The highest BCUT2D eigenvalue weighted by Gasteiger charge is 2.23. The van der Waals surface area contributed by atoms with Crippen LogP contribution in [-0.4, -0.2) is 35.1 Å². The summed E-state index contributed by atoms with van der Waals surface area (Å²) < 4.78 is 5.39. The summed E-state index contributed by atoms with van der Waals surface area (Å²) in [6.07, 6.45) is 1.69. The lowest BCUT2D eigenvalue weighted by Crippen LogP contribution is -2.53. The summed E-state index contributed by atoms with van der Waals surface area (Å²) in [6.45, 7) is 7.54.